The Morgan fingerprint density at radius 3 is 2.52 bits per heavy atom. The third kappa shape index (κ3) is 5.77. The van der Waals surface area contributed by atoms with Crippen molar-refractivity contribution in [1.82, 2.24) is 4.31 Å². The van der Waals surface area contributed by atoms with Crippen LogP contribution in [0.5, 0.6) is 0 Å². The zero-order valence-corrected chi connectivity index (χ0v) is 15.3. The van der Waals surface area contributed by atoms with Gasteiger partial charge in [0.2, 0.25) is 0 Å². The Kier molecular flexibility index (Phi) is 6.97. The average Bonchev–Trinajstić information content (AvgIpc) is 2.38. The molecule has 0 saturated carbocycles. The zero-order chi connectivity index (χ0) is 16.2. The number of nitrogens with zero attached hydrogens (tertiary/aromatic N) is 1. The third-order valence-electron chi connectivity index (χ3n) is 3.01. The summed E-state index contributed by atoms with van der Waals surface area (Å²) < 4.78 is 27.8. The van der Waals surface area contributed by atoms with Crippen LogP contribution in [0.15, 0.2) is 22.7 Å². The van der Waals surface area contributed by atoms with Crippen LogP contribution in [-0.2, 0) is 17.5 Å². The van der Waals surface area contributed by atoms with Gasteiger partial charge in [0.25, 0.3) is 0 Å². The summed E-state index contributed by atoms with van der Waals surface area (Å²) in [5.74, 6) is -0.317. The van der Waals surface area contributed by atoms with Gasteiger partial charge < -0.3 is 5.11 Å². The Labute approximate surface area is 137 Å². The number of halogens is 2. The molecule has 3 nitrogen and oxygen atoms in total. The molecule has 1 N–H and O–H groups in total. The van der Waals surface area contributed by atoms with Gasteiger partial charge in [-0.3, -0.25) is 0 Å². The van der Waals surface area contributed by atoms with E-state index in [0.29, 0.717) is 24.0 Å². The lowest BCUT2D eigenvalue weighted by Crippen LogP contribution is -2.41. The summed E-state index contributed by atoms with van der Waals surface area (Å²) in [5.41, 5.74) is 0.845. The van der Waals surface area contributed by atoms with Crippen molar-refractivity contribution < 1.29 is 13.7 Å². The lowest BCUT2D eigenvalue weighted by atomic mass is 10.2. The van der Waals surface area contributed by atoms with Crippen molar-refractivity contribution in [2.45, 2.75) is 51.5 Å². The van der Waals surface area contributed by atoms with Crippen molar-refractivity contribution >= 4 is 26.9 Å². The molecule has 2 atom stereocenters. The van der Waals surface area contributed by atoms with Gasteiger partial charge in [-0.05, 0) is 44.9 Å². The van der Waals surface area contributed by atoms with Crippen LogP contribution in [0, 0.1) is 5.82 Å². The molecular formula is C15H23BrFNO2S. The highest BCUT2D eigenvalue weighted by Crippen LogP contribution is 2.23. The maximum Gasteiger partial charge on any atom is 0.124 e. The standard InChI is InChI=1S/C15H23BrFNO2S/c1-5-13(19)10-18(21(20)15(2,3)4)9-11-6-7-12(17)8-14(11)16/h6-8,13,19H,5,9-10H2,1-4H3/t13-,21?/m0/s1. The summed E-state index contributed by atoms with van der Waals surface area (Å²) in [5, 5.41) is 9.89. The fourth-order valence-corrected chi connectivity index (χ4v) is 3.60. The smallest absolute Gasteiger partial charge is 0.124 e. The van der Waals surface area contributed by atoms with E-state index in [-0.39, 0.29) is 5.82 Å². The molecule has 1 unspecified atom stereocenters. The van der Waals surface area contributed by atoms with Gasteiger partial charge in [-0.1, -0.05) is 28.9 Å². The van der Waals surface area contributed by atoms with Gasteiger partial charge in [-0.2, -0.15) is 0 Å². The van der Waals surface area contributed by atoms with Crippen LogP contribution in [0.1, 0.15) is 39.7 Å². The quantitative estimate of drug-likeness (QED) is 0.819. The van der Waals surface area contributed by atoms with E-state index in [2.05, 4.69) is 15.9 Å². The molecule has 0 amide bonds. The molecule has 1 rings (SSSR count). The van der Waals surface area contributed by atoms with Gasteiger partial charge >= 0.3 is 0 Å². The first-order chi connectivity index (χ1) is 9.65. The largest absolute Gasteiger partial charge is 0.392 e. The first-order valence-corrected chi connectivity index (χ1v) is 8.84. The average molecular weight is 380 g/mol. The molecular weight excluding hydrogens is 357 g/mol. The first kappa shape index (κ1) is 18.7. The molecule has 0 aliphatic carbocycles. The minimum atomic E-state index is -1.25. The van der Waals surface area contributed by atoms with Gasteiger partial charge in [-0.25, -0.2) is 12.9 Å². The second-order valence-electron chi connectivity index (χ2n) is 5.98. The SMILES string of the molecule is CC[C@H](O)CN(Cc1ccc(F)cc1Br)S(=O)C(C)(C)C. The number of rotatable bonds is 6. The van der Waals surface area contributed by atoms with Crippen LogP contribution in [0.2, 0.25) is 0 Å². The van der Waals surface area contributed by atoms with Crippen molar-refractivity contribution in [1.29, 1.82) is 0 Å². The molecule has 0 heterocycles. The van der Waals surface area contributed by atoms with E-state index < -0.39 is 21.8 Å². The maximum atomic E-state index is 13.2. The highest BCUT2D eigenvalue weighted by molar-refractivity contribution is 9.10. The van der Waals surface area contributed by atoms with E-state index in [1.54, 1.807) is 10.4 Å². The van der Waals surface area contributed by atoms with Crippen molar-refractivity contribution in [3.8, 4) is 0 Å². The second kappa shape index (κ2) is 7.81. The Hall–Kier alpha value is -0.300. The summed E-state index contributed by atoms with van der Waals surface area (Å²) in [7, 11) is -1.25. The number of hydrogen-bond donors (Lipinski definition) is 1. The van der Waals surface area contributed by atoms with Gasteiger partial charge in [-0.15, -0.1) is 0 Å². The highest BCUT2D eigenvalue weighted by Gasteiger charge is 2.28. The highest BCUT2D eigenvalue weighted by atomic mass is 79.9. The zero-order valence-electron chi connectivity index (χ0n) is 12.9. The van der Waals surface area contributed by atoms with Crippen molar-refractivity contribution in [2.75, 3.05) is 6.54 Å². The molecule has 6 heteroatoms. The summed E-state index contributed by atoms with van der Waals surface area (Å²) >= 11 is 3.33. The predicted octanol–water partition coefficient (Wildman–Crippen LogP) is 3.62. The Morgan fingerprint density at radius 2 is 2.05 bits per heavy atom. The van der Waals surface area contributed by atoms with E-state index in [1.807, 2.05) is 27.7 Å². The lowest BCUT2D eigenvalue weighted by molar-refractivity contribution is 0.141. The Balaban J connectivity index is 2.99. The Morgan fingerprint density at radius 1 is 1.43 bits per heavy atom. The normalized spacial score (nSPS) is 15.2. The van der Waals surface area contributed by atoms with Crippen LogP contribution in [0.25, 0.3) is 0 Å². The van der Waals surface area contributed by atoms with E-state index in [1.165, 1.54) is 12.1 Å². The first-order valence-electron chi connectivity index (χ1n) is 6.94. The third-order valence-corrected chi connectivity index (χ3v) is 5.54. The fourth-order valence-electron chi connectivity index (χ4n) is 1.78. The second-order valence-corrected chi connectivity index (χ2v) is 9.08. The van der Waals surface area contributed by atoms with Gasteiger partial charge in [0.1, 0.15) is 16.8 Å². The molecule has 0 spiro atoms. The molecule has 0 aliphatic rings. The summed E-state index contributed by atoms with van der Waals surface area (Å²) in [6.45, 7) is 8.29. The van der Waals surface area contributed by atoms with E-state index in [9.17, 15) is 13.7 Å². The minimum absolute atomic E-state index is 0.317. The number of aliphatic hydroxyl groups is 1. The van der Waals surface area contributed by atoms with Crippen molar-refractivity contribution in [3.63, 3.8) is 0 Å². The maximum absolute atomic E-state index is 13.2. The van der Waals surface area contributed by atoms with Gasteiger partial charge in [0, 0.05) is 17.6 Å². The molecule has 1 aromatic carbocycles. The minimum Gasteiger partial charge on any atom is -0.392 e. The van der Waals surface area contributed by atoms with E-state index in [4.69, 9.17) is 0 Å². The van der Waals surface area contributed by atoms with Crippen LogP contribution in [0.3, 0.4) is 0 Å². The monoisotopic (exact) mass is 379 g/mol. The van der Waals surface area contributed by atoms with Crippen LogP contribution < -0.4 is 0 Å². The van der Waals surface area contributed by atoms with Crippen LogP contribution >= 0.6 is 15.9 Å². The molecule has 120 valence electrons. The molecule has 0 bridgehead atoms. The summed E-state index contributed by atoms with van der Waals surface area (Å²) in [6, 6.07) is 4.45. The topological polar surface area (TPSA) is 40.5 Å². The number of benzene rings is 1. The van der Waals surface area contributed by atoms with Crippen molar-refractivity contribution in [3.05, 3.63) is 34.1 Å². The van der Waals surface area contributed by atoms with Crippen molar-refractivity contribution in [2.24, 2.45) is 0 Å². The van der Waals surface area contributed by atoms with E-state index >= 15 is 0 Å². The molecule has 0 saturated heterocycles. The molecule has 0 fully saturated rings. The lowest BCUT2D eigenvalue weighted by Gasteiger charge is -2.30. The number of aliphatic hydroxyl groups excluding tert-OH is 1. The molecule has 0 aliphatic heterocycles. The molecule has 0 radical (unpaired) electrons. The van der Waals surface area contributed by atoms with Gasteiger partial charge in [0.15, 0.2) is 0 Å². The summed E-state index contributed by atoms with van der Waals surface area (Å²) in [4.78, 5) is 0. The predicted molar refractivity (Wildman–Crippen MR) is 88.7 cm³/mol. The Bertz CT molecular complexity index is 505. The van der Waals surface area contributed by atoms with Crippen LogP contribution in [-0.4, -0.2) is 31.0 Å². The van der Waals surface area contributed by atoms with Crippen LogP contribution in [0.4, 0.5) is 4.39 Å². The van der Waals surface area contributed by atoms with Gasteiger partial charge in [0.05, 0.1) is 10.9 Å². The fraction of sp³-hybridized carbons (Fsp3) is 0.600. The summed E-state index contributed by atoms with van der Waals surface area (Å²) in [6.07, 6.45) is 0.0677. The molecule has 21 heavy (non-hydrogen) atoms. The molecule has 1 aromatic rings. The number of hydrogen-bond acceptors (Lipinski definition) is 2. The molecule has 0 aromatic heterocycles. The van der Waals surface area contributed by atoms with E-state index in [0.717, 1.165) is 5.56 Å².